The molecule has 1 fully saturated rings. The number of hydrogen-bond donors (Lipinski definition) is 1. The van der Waals surface area contributed by atoms with E-state index < -0.39 is 6.23 Å². The molecule has 1 aliphatic heterocycles. The summed E-state index contributed by atoms with van der Waals surface area (Å²) in [7, 11) is 0. The Labute approximate surface area is 136 Å². The van der Waals surface area contributed by atoms with Crippen molar-refractivity contribution in [3.63, 3.8) is 0 Å². The van der Waals surface area contributed by atoms with E-state index in [2.05, 4.69) is 0 Å². The van der Waals surface area contributed by atoms with Gasteiger partial charge in [-0.1, -0.05) is 13.8 Å². The van der Waals surface area contributed by atoms with Gasteiger partial charge in [0.2, 0.25) is 0 Å². The molecule has 23 heavy (non-hydrogen) atoms. The van der Waals surface area contributed by atoms with E-state index in [0.29, 0.717) is 31.7 Å². The van der Waals surface area contributed by atoms with Gasteiger partial charge in [0.05, 0.1) is 12.7 Å². The molecule has 7 nitrogen and oxygen atoms in total. The lowest BCUT2D eigenvalue weighted by Crippen LogP contribution is -2.42. The van der Waals surface area contributed by atoms with Gasteiger partial charge in [0, 0.05) is 37.4 Å². The molecule has 2 rings (SSSR count). The quantitative estimate of drug-likeness (QED) is 0.748. The molecule has 0 saturated carbocycles. The fraction of sp³-hybridized carbons (Fsp3) is 0.750. The lowest BCUT2D eigenvalue weighted by Gasteiger charge is -2.18. The third kappa shape index (κ3) is 3.91. The van der Waals surface area contributed by atoms with Crippen LogP contribution in [0.25, 0.3) is 0 Å². The van der Waals surface area contributed by atoms with Gasteiger partial charge in [-0.05, 0) is 19.8 Å². The number of aromatic nitrogens is 2. The van der Waals surface area contributed by atoms with Crippen LogP contribution in [0.4, 0.5) is 0 Å². The maximum absolute atomic E-state index is 12.6. The van der Waals surface area contributed by atoms with Gasteiger partial charge in [0.1, 0.15) is 6.23 Å². The fourth-order valence-corrected chi connectivity index (χ4v) is 2.81. The van der Waals surface area contributed by atoms with Crippen LogP contribution in [0.15, 0.2) is 15.8 Å². The first kappa shape index (κ1) is 17.9. The summed E-state index contributed by atoms with van der Waals surface area (Å²) in [5.74, 6) is 0. The number of rotatable bonds is 7. The first-order valence-electron chi connectivity index (χ1n) is 8.30. The highest BCUT2D eigenvalue weighted by molar-refractivity contribution is 5.04. The Balaban J connectivity index is 2.23. The molecule has 2 N–H and O–H groups in total. The normalized spacial score (nSPS) is 24.3. The highest BCUT2D eigenvalue weighted by atomic mass is 16.6. The van der Waals surface area contributed by atoms with Crippen LogP contribution >= 0.6 is 0 Å². The molecule has 0 radical (unpaired) electrons. The van der Waals surface area contributed by atoms with Gasteiger partial charge in [-0.2, -0.15) is 0 Å². The number of nitrogens with zero attached hydrogens (tertiary/aromatic N) is 2. The van der Waals surface area contributed by atoms with Crippen molar-refractivity contribution in [1.29, 1.82) is 0 Å². The summed E-state index contributed by atoms with van der Waals surface area (Å²) in [5, 5.41) is 0. The highest BCUT2D eigenvalue weighted by Crippen LogP contribution is 2.26. The van der Waals surface area contributed by atoms with Gasteiger partial charge < -0.3 is 15.2 Å². The molecule has 0 amide bonds. The van der Waals surface area contributed by atoms with Crippen LogP contribution in [0.5, 0.6) is 0 Å². The van der Waals surface area contributed by atoms with Crippen molar-refractivity contribution in [2.45, 2.75) is 65.0 Å². The molecule has 1 unspecified atom stereocenters. The first-order valence-corrected chi connectivity index (χ1v) is 8.30. The predicted octanol–water partition coefficient (Wildman–Crippen LogP) is 0.770. The third-order valence-corrected chi connectivity index (χ3v) is 4.04. The Morgan fingerprint density at radius 1 is 1.35 bits per heavy atom. The minimum atomic E-state index is -0.449. The standard InChI is InChI=1S/C16H27N3O4/c1-4-6-18-15(20)11(3)9-19(16(18)21)14-8-12(17)13(23-14)10-22-7-5-2/h9,12-14H,4-8,10,17H2,1-3H3/t12?,13-,14-/m1/s1. The molecule has 0 bridgehead atoms. The van der Waals surface area contributed by atoms with Gasteiger partial charge in [-0.3, -0.25) is 13.9 Å². The Morgan fingerprint density at radius 2 is 2.09 bits per heavy atom. The molecule has 1 saturated heterocycles. The van der Waals surface area contributed by atoms with Crippen LogP contribution in [0.2, 0.25) is 0 Å². The van der Waals surface area contributed by atoms with E-state index in [1.165, 1.54) is 9.13 Å². The van der Waals surface area contributed by atoms with E-state index >= 15 is 0 Å². The van der Waals surface area contributed by atoms with Crippen LogP contribution in [0.1, 0.15) is 44.9 Å². The molecular weight excluding hydrogens is 298 g/mol. The van der Waals surface area contributed by atoms with Crippen LogP contribution in [0.3, 0.4) is 0 Å². The predicted molar refractivity (Wildman–Crippen MR) is 87.6 cm³/mol. The lowest BCUT2D eigenvalue weighted by molar-refractivity contribution is -0.0457. The lowest BCUT2D eigenvalue weighted by atomic mass is 10.1. The van der Waals surface area contributed by atoms with Crippen LogP contribution in [-0.2, 0) is 16.0 Å². The summed E-state index contributed by atoms with van der Waals surface area (Å²) in [6.45, 7) is 7.17. The Bertz CT molecular complexity index is 637. The van der Waals surface area contributed by atoms with Crippen molar-refractivity contribution in [2.24, 2.45) is 5.73 Å². The molecule has 1 aromatic rings. The zero-order valence-corrected chi connectivity index (χ0v) is 14.2. The van der Waals surface area contributed by atoms with Gasteiger partial charge in [-0.25, -0.2) is 4.79 Å². The number of ether oxygens (including phenoxy) is 2. The summed E-state index contributed by atoms with van der Waals surface area (Å²) < 4.78 is 14.2. The minimum Gasteiger partial charge on any atom is -0.379 e. The maximum atomic E-state index is 12.6. The van der Waals surface area contributed by atoms with Crippen molar-refractivity contribution in [2.75, 3.05) is 13.2 Å². The van der Waals surface area contributed by atoms with Crippen molar-refractivity contribution in [1.82, 2.24) is 9.13 Å². The molecule has 1 aliphatic rings. The second kappa shape index (κ2) is 7.90. The smallest absolute Gasteiger partial charge is 0.333 e. The molecule has 2 heterocycles. The molecule has 0 aromatic carbocycles. The molecule has 0 spiro atoms. The summed E-state index contributed by atoms with van der Waals surface area (Å²) in [6.07, 6.45) is 3.08. The van der Waals surface area contributed by atoms with Gasteiger partial charge in [0.15, 0.2) is 0 Å². The van der Waals surface area contributed by atoms with E-state index in [1.54, 1.807) is 13.1 Å². The highest BCUT2D eigenvalue weighted by Gasteiger charge is 2.34. The Hall–Kier alpha value is -1.44. The zero-order valence-electron chi connectivity index (χ0n) is 14.2. The van der Waals surface area contributed by atoms with E-state index in [1.807, 2.05) is 13.8 Å². The minimum absolute atomic E-state index is 0.185. The van der Waals surface area contributed by atoms with Crippen LogP contribution in [-0.4, -0.2) is 34.5 Å². The Morgan fingerprint density at radius 3 is 2.74 bits per heavy atom. The second-order valence-electron chi connectivity index (χ2n) is 6.06. The molecule has 130 valence electrons. The van der Waals surface area contributed by atoms with E-state index in [9.17, 15) is 9.59 Å². The van der Waals surface area contributed by atoms with E-state index in [0.717, 1.165) is 12.8 Å². The molecule has 1 aromatic heterocycles. The summed E-state index contributed by atoms with van der Waals surface area (Å²) in [5.41, 5.74) is 6.07. The third-order valence-electron chi connectivity index (χ3n) is 4.04. The Kier molecular flexibility index (Phi) is 6.15. The summed E-state index contributed by atoms with van der Waals surface area (Å²) in [4.78, 5) is 24.7. The number of hydrogen-bond acceptors (Lipinski definition) is 5. The first-order chi connectivity index (χ1) is 11.0. The average Bonchev–Trinajstić information content (AvgIpc) is 2.88. The van der Waals surface area contributed by atoms with Crippen molar-refractivity contribution < 1.29 is 9.47 Å². The fourth-order valence-electron chi connectivity index (χ4n) is 2.81. The van der Waals surface area contributed by atoms with Crippen LogP contribution < -0.4 is 17.0 Å². The van der Waals surface area contributed by atoms with Crippen molar-refractivity contribution in [3.05, 3.63) is 32.6 Å². The molecule has 3 atom stereocenters. The number of nitrogens with two attached hydrogens (primary N) is 1. The van der Waals surface area contributed by atoms with E-state index in [-0.39, 0.29) is 23.4 Å². The topological polar surface area (TPSA) is 88.5 Å². The zero-order chi connectivity index (χ0) is 17.0. The summed E-state index contributed by atoms with van der Waals surface area (Å²) >= 11 is 0. The largest absolute Gasteiger partial charge is 0.379 e. The van der Waals surface area contributed by atoms with Crippen molar-refractivity contribution >= 4 is 0 Å². The average molecular weight is 325 g/mol. The van der Waals surface area contributed by atoms with Crippen molar-refractivity contribution in [3.8, 4) is 0 Å². The molecule has 0 aliphatic carbocycles. The SMILES string of the molecule is CCCOC[C@H]1O[C@@H](n2cc(C)c(=O)n(CCC)c2=O)CC1N. The number of aryl methyl sites for hydroxylation is 1. The van der Waals surface area contributed by atoms with Gasteiger partial charge in [0.25, 0.3) is 5.56 Å². The monoisotopic (exact) mass is 325 g/mol. The second-order valence-corrected chi connectivity index (χ2v) is 6.06. The maximum Gasteiger partial charge on any atom is 0.333 e. The van der Waals surface area contributed by atoms with Gasteiger partial charge >= 0.3 is 5.69 Å². The summed E-state index contributed by atoms with van der Waals surface area (Å²) in [6, 6.07) is -0.185. The molecular formula is C16H27N3O4. The van der Waals surface area contributed by atoms with E-state index in [4.69, 9.17) is 15.2 Å². The van der Waals surface area contributed by atoms with Crippen LogP contribution in [0, 0.1) is 6.92 Å². The molecule has 7 heteroatoms. The van der Waals surface area contributed by atoms with Gasteiger partial charge in [-0.15, -0.1) is 0 Å².